The zero-order chi connectivity index (χ0) is 15.4. The van der Waals surface area contributed by atoms with Crippen molar-refractivity contribution in [3.8, 4) is 11.5 Å². The van der Waals surface area contributed by atoms with Crippen LogP contribution < -0.4 is 0 Å². The van der Waals surface area contributed by atoms with E-state index in [4.69, 9.17) is 5.11 Å². The van der Waals surface area contributed by atoms with Crippen LogP contribution >= 0.6 is 11.8 Å². The van der Waals surface area contributed by atoms with E-state index in [2.05, 4.69) is 0 Å². The summed E-state index contributed by atoms with van der Waals surface area (Å²) in [6.07, 6.45) is 0. The summed E-state index contributed by atoms with van der Waals surface area (Å²) in [6.45, 7) is 0. The number of hydrogen-bond donors (Lipinski definition) is 2. The van der Waals surface area contributed by atoms with Crippen molar-refractivity contribution in [2.24, 2.45) is 0 Å². The van der Waals surface area contributed by atoms with Gasteiger partial charge in [-0.1, -0.05) is 0 Å². The summed E-state index contributed by atoms with van der Waals surface area (Å²) in [6, 6.07) is 9.63. The maximum atomic E-state index is 12.0. The van der Waals surface area contributed by atoms with Crippen LogP contribution in [0.5, 0.6) is 11.5 Å². The largest absolute Gasteiger partial charge is 0.508 e. The summed E-state index contributed by atoms with van der Waals surface area (Å²) in [5.74, 6) is -0.608. The molecule has 21 heavy (non-hydrogen) atoms. The number of nitrogens with zero attached hydrogens (tertiary/aromatic N) is 1. The molecule has 0 aliphatic heterocycles. The van der Waals surface area contributed by atoms with E-state index in [1.165, 1.54) is 36.0 Å². The van der Waals surface area contributed by atoms with Gasteiger partial charge in [0.2, 0.25) is 0 Å². The lowest BCUT2D eigenvalue weighted by Gasteiger charge is -2.04. The van der Waals surface area contributed by atoms with Crippen molar-refractivity contribution in [2.75, 3.05) is 5.75 Å². The molecule has 7 heteroatoms. The average molecular weight is 305 g/mol. The lowest BCUT2D eigenvalue weighted by molar-refractivity contribution is -0.384. The molecule has 0 aromatic heterocycles. The van der Waals surface area contributed by atoms with Crippen LogP contribution in [0.3, 0.4) is 0 Å². The number of thioether (sulfide) groups is 1. The van der Waals surface area contributed by atoms with Crippen LogP contribution in [0.15, 0.2) is 47.4 Å². The highest BCUT2D eigenvalue weighted by molar-refractivity contribution is 8.00. The van der Waals surface area contributed by atoms with E-state index in [-0.39, 0.29) is 34.3 Å². The number of rotatable bonds is 5. The maximum Gasteiger partial charge on any atom is 0.269 e. The molecule has 0 saturated carbocycles. The second-order valence-electron chi connectivity index (χ2n) is 4.16. The van der Waals surface area contributed by atoms with Crippen LogP contribution in [-0.2, 0) is 0 Å². The summed E-state index contributed by atoms with van der Waals surface area (Å²) in [5.41, 5.74) is 0.115. The highest BCUT2D eigenvalue weighted by Gasteiger charge is 2.12. The summed E-state index contributed by atoms with van der Waals surface area (Å²) < 4.78 is 0. The monoisotopic (exact) mass is 305 g/mol. The zero-order valence-corrected chi connectivity index (χ0v) is 11.5. The molecule has 2 rings (SSSR count). The number of ketones is 1. The lowest BCUT2D eigenvalue weighted by atomic mass is 10.1. The second kappa shape index (κ2) is 6.27. The fourth-order valence-electron chi connectivity index (χ4n) is 1.65. The molecule has 0 unspecified atom stereocenters. The van der Waals surface area contributed by atoms with Gasteiger partial charge in [0, 0.05) is 23.1 Å². The number of Topliss-reactive ketones (excluding diaryl/α,β-unsaturated/α-hetero) is 1. The normalized spacial score (nSPS) is 10.3. The van der Waals surface area contributed by atoms with Gasteiger partial charge in [0.05, 0.1) is 16.2 Å². The van der Waals surface area contributed by atoms with E-state index in [0.717, 1.165) is 6.07 Å². The number of phenols is 2. The molecule has 0 bridgehead atoms. The molecule has 2 N–H and O–H groups in total. The molecule has 0 aliphatic carbocycles. The third-order valence-electron chi connectivity index (χ3n) is 2.70. The lowest BCUT2D eigenvalue weighted by Crippen LogP contribution is -2.02. The molecule has 0 saturated heterocycles. The number of aromatic hydroxyl groups is 2. The second-order valence-corrected chi connectivity index (χ2v) is 5.21. The van der Waals surface area contributed by atoms with Crippen LogP contribution in [-0.4, -0.2) is 26.7 Å². The number of carbonyl (C=O) groups is 1. The number of non-ortho nitro benzene ring substituents is 1. The number of benzene rings is 2. The summed E-state index contributed by atoms with van der Waals surface area (Å²) in [5, 5.41) is 29.3. The third-order valence-corrected chi connectivity index (χ3v) is 3.71. The minimum atomic E-state index is -0.492. The van der Waals surface area contributed by atoms with Gasteiger partial charge in [0.25, 0.3) is 5.69 Å². The van der Waals surface area contributed by atoms with Gasteiger partial charge in [-0.25, -0.2) is 0 Å². The Morgan fingerprint density at radius 2 is 1.81 bits per heavy atom. The molecule has 0 atom stereocenters. The number of carbonyl (C=O) groups excluding carboxylic acids is 1. The van der Waals surface area contributed by atoms with Gasteiger partial charge in [-0.05, 0) is 24.3 Å². The standard InChI is InChI=1S/C14H11NO5S/c16-10-3-6-12(13(17)7-10)14(18)8-21-11-4-1-9(2-5-11)15(19)20/h1-7,16-17H,8H2. The smallest absolute Gasteiger partial charge is 0.269 e. The van der Waals surface area contributed by atoms with E-state index in [0.29, 0.717) is 4.90 Å². The Kier molecular flexibility index (Phi) is 4.44. The third kappa shape index (κ3) is 3.73. The van der Waals surface area contributed by atoms with E-state index in [9.17, 15) is 20.0 Å². The zero-order valence-electron chi connectivity index (χ0n) is 10.7. The van der Waals surface area contributed by atoms with Gasteiger partial charge in [-0.3, -0.25) is 14.9 Å². The van der Waals surface area contributed by atoms with Gasteiger partial charge in [0.15, 0.2) is 5.78 Å². The Hall–Kier alpha value is -2.54. The van der Waals surface area contributed by atoms with E-state index >= 15 is 0 Å². The molecular formula is C14H11NO5S. The average Bonchev–Trinajstić information content (AvgIpc) is 2.45. The van der Waals surface area contributed by atoms with Crippen LogP contribution in [0.25, 0.3) is 0 Å². The number of nitro groups is 1. The van der Waals surface area contributed by atoms with Gasteiger partial charge < -0.3 is 10.2 Å². The predicted octanol–water partition coefficient (Wildman–Crippen LogP) is 2.98. The van der Waals surface area contributed by atoms with Crippen molar-refractivity contribution >= 4 is 23.2 Å². The van der Waals surface area contributed by atoms with Crippen LogP contribution in [0, 0.1) is 10.1 Å². The quantitative estimate of drug-likeness (QED) is 0.381. The fourth-order valence-corrected chi connectivity index (χ4v) is 2.43. The highest BCUT2D eigenvalue weighted by atomic mass is 32.2. The van der Waals surface area contributed by atoms with E-state index in [1.54, 1.807) is 12.1 Å². The number of hydrogen-bond acceptors (Lipinski definition) is 6. The minimum Gasteiger partial charge on any atom is -0.508 e. The molecule has 0 aliphatic rings. The molecule has 0 heterocycles. The van der Waals surface area contributed by atoms with E-state index in [1.807, 2.05) is 0 Å². The van der Waals surface area contributed by atoms with Crippen molar-refractivity contribution < 1.29 is 19.9 Å². The Morgan fingerprint density at radius 3 is 2.38 bits per heavy atom. The number of phenolic OH excluding ortho intramolecular Hbond substituents is 2. The van der Waals surface area contributed by atoms with Crippen molar-refractivity contribution in [1.29, 1.82) is 0 Å². The van der Waals surface area contributed by atoms with Crippen molar-refractivity contribution in [3.05, 3.63) is 58.1 Å². The molecule has 108 valence electrons. The molecule has 0 amide bonds. The van der Waals surface area contributed by atoms with Crippen molar-refractivity contribution in [1.82, 2.24) is 0 Å². The molecule has 2 aromatic rings. The predicted molar refractivity (Wildman–Crippen MR) is 77.9 cm³/mol. The highest BCUT2D eigenvalue weighted by Crippen LogP contribution is 2.26. The number of nitro benzene ring substituents is 1. The topological polar surface area (TPSA) is 101 Å². The van der Waals surface area contributed by atoms with Crippen molar-refractivity contribution in [3.63, 3.8) is 0 Å². The summed E-state index contributed by atoms with van der Waals surface area (Å²) >= 11 is 1.21. The van der Waals surface area contributed by atoms with Gasteiger partial charge in [-0.15, -0.1) is 11.8 Å². The first-order valence-corrected chi connectivity index (χ1v) is 6.88. The Balaban J connectivity index is 2.02. The van der Waals surface area contributed by atoms with E-state index < -0.39 is 4.92 Å². The van der Waals surface area contributed by atoms with Gasteiger partial charge >= 0.3 is 0 Å². The van der Waals surface area contributed by atoms with Gasteiger partial charge in [-0.2, -0.15) is 0 Å². The minimum absolute atomic E-state index is 0.0122. The van der Waals surface area contributed by atoms with Gasteiger partial charge in [0.1, 0.15) is 11.5 Å². The molecule has 0 fully saturated rings. The summed E-state index contributed by atoms with van der Waals surface area (Å²) in [4.78, 5) is 22.7. The molecule has 2 aromatic carbocycles. The van der Waals surface area contributed by atoms with Crippen molar-refractivity contribution in [2.45, 2.75) is 4.90 Å². The van der Waals surface area contributed by atoms with Crippen LogP contribution in [0.1, 0.15) is 10.4 Å². The Bertz CT molecular complexity index is 684. The molecular weight excluding hydrogens is 294 g/mol. The molecule has 6 nitrogen and oxygen atoms in total. The maximum absolute atomic E-state index is 12.0. The summed E-state index contributed by atoms with van der Waals surface area (Å²) in [7, 11) is 0. The SMILES string of the molecule is O=C(CSc1ccc([N+](=O)[O-])cc1)c1ccc(O)cc1O. The molecule has 0 radical (unpaired) electrons. The Morgan fingerprint density at radius 1 is 1.14 bits per heavy atom. The first-order valence-electron chi connectivity index (χ1n) is 5.90. The Labute approximate surface area is 124 Å². The van der Waals surface area contributed by atoms with Crippen LogP contribution in [0.4, 0.5) is 5.69 Å². The van der Waals surface area contributed by atoms with Crippen LogP contribution in [0.2, 0.25) is 0 Å². The first-order chi connectivity index (χ1) is 9.97. The molecule has 0 spiro atoms. The fraction of sp³-hybridized carbons (Fsp3) is 0.0714. The first kappa shape index (κ1) is 14.9.